The number of pyridine rings is 1. The van der Waals surface area contributed by atoms with Crippen molar-refractivity contribution in [2.75, 3.05) is 0 Å². The van der Waals surface area contributed by atoms with Gasteiger partial charge < -0.3 is 4.90 Å². The van der Waals surface area contributed by atoms with Gasteiger partial charge in [0.15, 0.2) is 0 Å². The van der Waals surface area contributed by atoms with Crippen LogP contribution in [0.5, 0.6) is 0 Å². The maximum absolute atomic E-state index is 5.41. The van der Waals surface area contributed by atoms with Gasteiger partial charge in [-0.2, -0.15) is 0 Å². The van der Waals surface area contributed by atoms with Crippen molar-refractivity contribution in [3.63, 3.8) is 0 Å². The molecule has 3 atom stereocenters. The lowest BCUT2D eigenvalue weighted by molar-refractivity contribution is 0.195. The zero-order valence-electron chi connectivity index (χ0n) is 28.6. The number of aromatic nitrogens is 2. The fourth-order valence-electron chi connectivity index (χ4n) is 9.51. The van der Waals surface area contributed by atoms with Crippen molar-refractivity contribution in [2.45, 2.75) is 69.9 Å². The van der Waals surface area contributed by atoms with Crippen LogP contribution in [-0.4, -0.2) is 26.5 Å². The normalized spacial score (nSPS) is 24.1. The molecule has 3 nitrogen and oxygen atoms in total. The zero-order chi connectivity index (χ0) is 33.0. The third-order valence-electron chi connectivity index (χ3n) is 11.9. The molecule has 2 aromatic carbocycles. The highest BCUT2D eigenvalue weighted by atomic mass is 15.2. The molecule has 0 N–H and O–H groups in total. The standard InChI is InChI=1S/C47H43N3/c1-4-14-32(15-5-1)36-30-42(33-16-6-2-7-17-33)48-47(31-36)50-44-23-13-11-21-39(44)41-29-35(25-27-46(41)50)34-24-26-45-40(28-34)38-20-10-12-22-43(38)49(45)37-18-8-3-9-19-37/h1-4,6,8-11,13-14,16,18,20-21,23-25,27,29-31,37,40,45H,5,7,12,15,17,19,22,26,28H2. The Morgan fingerprint density at radius 2 is 1.50 bits per heavy atom. The van der Waals surface area contributed by atoms with Gasteiger partial charge >= 0.3 is 0 Å². The average Bonchev–Trinajstić information content (AvgIpc) is 3.71. The van der Waals surface area contributed by atoms with Crippen molar-refractivity contribution in [2.24, 2.45) is 5.92 Å². The topological polar surface area (TPSA) is 21.1 Å². The minimum atomic E-state index is 0.480. The molecule has 0 amide bonds. The summed E-state index contributed by atoms with van der Waals surface area (Å²) in [7, 11) is 0. The molecule has 1 aliphatic heterocycles. The van der Waals surface area contributed by atoms with Crippen LogP contribution >= 0.6 is 0 Å². The van der Waals surface area contributed by atoms with Gasteiger partial charge in [-0.25, -0.2) is 4.98 Å². The van der Waals surface area contributed by atoms with E-state index in [9.17, 15) is 0 Å². The van der Waals surface area contributed by atoms with E-state index in [1.165, 1.54) is 56.1 Å². The highest BCUT2D eigenvalue weighted by Crippen LogP contribution is 2.49. The van der Waals surface area contributed by atoms with Crippen LogP contribution in [0.15, 0.2) is 145 Å². The van der Waals surface area contributed by atoms with Gasteiger partial charge in [0.05, 0.1) is 22.8 Å². The van der Waals surface area contributed by atoms with E-state index in [0.29, 0.717) is 18.0 Å². The molecule has 50 heavy (non-hydrogen) atoms. The van der Waals surface area contributed by atoms with Gasteiger partial charge in [-0.05, 0) is 122 Å². The Morgan fingerprint density at radius 1 is 0.660 bits per heavy atom. The van der Waals surface area contributed by atoms with Crippen LogP contribution in [0.1, 0.15) is 74.6 Å². The van der Waals surface area contributed by atoms with Crippen molar-refractivity contribution >= 4 is 38.5 Å². The van der Waals surface area contributed by atoms with Crippen LogP contribution < -0.4 is 0 Å². The monoisotopic (exact) mass is 649 g/mol. The molecule has 10 rings (SSSR count). The van der Waals surface area contributed by atoms with Crippen molar-refractivity contribution < 1.29 is 0 Å². The molecule has 2 aromatic heterocycles. The Morgan fingerprint density at radius 3 is 2.34 bits per heavy atom. The number of nitrogens with zero attached hydrogens (tertiary/aromatic N) is 3. The van der Waals surface area contributed by atoms with Crippen molar-refractivity contribution in [1.29, 1.82) is 0 Å². The van der Waals surface area contributed by atoms with Crippen LogP contribution in [0, 0.1) is 5.92 Å². The molecule has 3 heteroatoms. The third kappa shape index (κ3) is 4.97. The van der Waals surface area contributed by atoms with E-state index in [4.69, 9.17) is 4.98 Å². The molecular weight excluding hydrogens is 607 g/mol. The van der Waals surface area contributed by atoms with Gasteiger partial charge in [-0.1, -0.05) is 103 Å². The molecule has 6 aliphatic rings. The minimum absolute atomic E-state index is 0.480. The second kappa shape index (κ2) is 12.3. The van der Waals surface area contributed by atoms with Crippen LogP contribution in [0.2, 0.25) is 0 Å². The fraction of sp³-hybridized carbons (Fsp3) is 0.255. The van der Waals surface area contributed by atoms with E-state index in [1.807, 2.05) is 0 Å². The summed E-state index contributed by atoms with van der Waals surface area (Å²) in [6, 6.07) is 21.8. The largest absolute Gasteiger partial charge is 0.364 e. The summed E-state index contributed by atoms with van der Waals surface area (Å²) in [4.78, 5) is 8.21. The van der Waals surface area contributed by atoms with Gasteiger partial charge in [-0.15, -0.1) is 0 Å². The predicted molar refractivity (Wildman–Crippen MR) is 210 cm³/mol. The number of hydrogen-bond acceptors (Lipinski definition) is 2. The molecule has 0 saturated heterocycles. The first kappa shape index (κ1) is 29.7. The first-order valence-corrected chi connectivity index (χ1v) is 18.8. The first-order chi connectivity index (χ1) is 24.8. The summed E-state index contributed by atoms with van der Waals surface area (Å²) in [5, 5.41) is 2.59. The lowest BCUT2D eigenvalue weighted by atomic mass is 9.78. The highest BCUT2D eigenvalue weighted by molar-refractivity contribution is 6.10. The predicted octanol–water partition coefficient (Wildman–Crippen LogP) is 11.6. The van der Waals surface area contributed by atoms with E-state index in [1.54, 1.807) is 11.3 Å². The summed E-state index contributed by atoms with van der Waals surface area (Å²) >= 11 is 0. The molecule has 3 heterocycles. The molecule has 0 spiro atoms. The number of allylic oxidation sites excluding steroid dienone is 14. The Hall–Kier alpha value is -5.15. The first-order valence-electron chi connectivity index (χ1n) is 18.8. The highest BCUT2D eigenvalue weighted by Gasteiger charge is 2.43. The fourth-order valence-corrected chi connectivity index (χ4v) is 9.51. The second-order valence-corrected chi connectivity index (χ2v) is 14.7. The van der Waals surface area contributed by atoms with Gasteiger partial charge in [0, 0.05) is 28.4 Å². The quantitative estimate of drug-likeness (QED) is 0.214. The van der Waals surface area contributed by atoms with Crippen molar-refractivity contribution in [3.05, 3.63) is 162 Å². The molecule has 246 valence electrons. The van der Waals surface area contributed by atoms with Crippen LogP contribution in [0.3, 0.4) is 0 Å². The maximum Gasteiger partial charge on any atom is 0.138 e. The third-order valence-corrected chi connectivity index (χ3v) is 11.9. The molecular formula is C47H43N3. The lowest BCUT2D eigenvalue weighted by Crippen LogP contribution is -2.42. The van der Waals surface area contributed by atoms with E-state index < -0.39 is 0 Å². The lowest BCUT2D eigenvalue weighted by Gasteiger charge is -2.39. The van der Waals surface area contributed by atoms with Crippen molar-refractivity contribution in [3.8, 4) is 5.82 Å². The zero-order valence-corrected chi connectivity index (χ0v) is 28.6. The summed E-state index contributed by atoms with van der Waals surface area (Å²) in [5.41, 5.74) is 13.6. The van der Waals surface area contributed by atoms with Crippen LogP contribution in [0.25, 0.3) is 44.3 Å². The minimum Gasteiger partial charge on any atom is -0.364 e. The Kier molecular flexibility index (Phi) is 7.33. The van der Waals surface area contributed by atoms with E-state index in [-0.39, 0.29) is 0 Å². The summed E-state index contributed by atoms with van der Waals surface area (Å²) < 4.78 is 2.41. The van der Waals surface area contributed by atoms with Crippen molar-refractivity contribution in [1.82, 2.24) is 14.5 Å². The molecule has 0 bridgehead atoms. The Balaban J connectivity index is 1.07. The SMILES string of the molecule is C1=CCCC(c2cc(C3=CC=CCC3)nc(-n3c4ccccc4c4cc(C5=CCC6C(C5)C5=C(CCC=C5)N6C5C=CC=CC5)ccc43)c2)=C1. The van der Waals surface area contributed by atoms with Gasteiger partial charge in [0.25, 0.3) is 0 Å². The summed E-state index contributed by atoms with van der Waals surface area (Å²) in [6.07, 6.45) is 40.0. The molecule has 3 unspecified atom stereocenters. The number of para-hydroxylation sites is 1. The maximum atomic E-state index is 5.41. The van der Waals surface area contributed by atoms with Gasteiger partial charge in [-0.3, -0.25) is 4.57 Å². The summed E-state index contributed by atoms with van der Waals surface area (Å²) in [5.74, 6) is 1.56. The molecule has 0 radical (unpaired) electrons. The number of rotatable bonds is 5. The number of hydrogen-bond donors (Lipinski definition) is 0. The van der Waals surface area contributed by atoms with E-state index in [2.05, 4.69) is 143 Å². The van der Waals surface area contributed by atoms with E-state index >= 15 is 0 Å². The Labute approximate surface area is 295 Å². The van der Waals surface area contributed by atoms with Crippen LogP contribution in [0.4, 0.5) is 0 Å². The molecule has 0 saturated carbocycles. The second-order valence-electron chi connectivity index (χ2n) is 14.7. The van der Waals surface area contributed by atoms with E-state index in [0.717, 1.165) is 62.9 Å². The van der Waals surface area contributed by atoms with Gasteiger partial charge in [0.2, 0.25) is 0 Å². The average molecular weight is 650 g/mol. The molecule has 4 aromatic rings. The smallest absolute Gasteiger partial charge is 0.138 e. The van der Waals surface area contributed by atoms with Crippen LogP contribution in [-0.2, 0) is 0 Å². The number of benzene rings is 2. The number of fused-ring (bicyclic) bond motifs is 5. The Bertz CT molecular complexity index is 2280. The van der Waals surface area contributed by atoms with Gasteiger partial charge in [0.1, 0.15) is 5.82 Å². The molecule has 0 fully saturated rings. The molecule has 5 aliphatic carbocycles. The summed E-state index contributed by atoms with van der Waals surface area (Å²) in [6.45, 7) is 0.